The normalized spacial score (nSPS) is 11.3. The number of ether oxygens (including phenoxy) is 2. The summed E-state index contributed by atoms with van der Waals surface area (Å²) in [6, 6.07) is 5.67. The Bertz CT molecular complexity index is 728. The number of nitrogens with zero attached hydrogens (tertiary/aromatic N) is 2. The average molecular weight is 318 g/mol. The zero-order valence-electron chi connectivity index (χ0n) is 13.6. The highest BCUT2D eigenvalue weighted by atomic mass is 16.5. The Balaban J connectivity index is 0.000000924. The van der Waals surface area contributed by atoms with Crippen LogP contribution in [0, 0.1) is 0 Å². The van der Waals surface area contributed by atoms with E-state index in [1.807, 2.05) is 32.0 Å². The molecule has 3 rings (SSSR count). The van der Waals surface area contributed by atoms with Gasteiger partial charge in [0.1, 0.15) is 0 Å². The van der Waals surface area contributed by atoms with E-state index in [1.54, 1.807) is 13.2 Å². The number of nitrogens with one attached hydrogen (secondary N) is 1. The third-order valence-corrected chi connectivity index (χ3v) is 3.15. The van der Waals surface area contributed by atoms with Crippen molar-refractivity contribution in [1.82, 2.24) is 9.55 Å². The second-order valence-corrected chi connectivity index (χ2v) is 4.71. The van der Waals surface area contributed by atoms with E-state index >= 15 is 0 Å². The van der Waals surface area contributed by atoms with Gasteiger partial charge in [0.2, 0.25) is 0 Å². The second-order valence-electron chi connectivity index (χ2n) is 4.71. The van der Waals surface area contributed by atoms with Crippen LogP contribution in [0.15, 0.2) is 29.2 Å². The number of anilines is 2. The lowest BCUT2D eigenvalue weighted by molar-refractivity contribution is 0.128. The first-order valence-corrected chi connectivity index (χ1v) is 7.61. The Morgan fingerprint density at radius 2 is 2.13 bits per heavy atom. The van der Waals surface area contributed by atoms with E-state index in [0.717, 1.165) is 11.3 Å². The average Bonchev–Trinajstić information content (AvgIpc) is 2.57. The molecule has 0 saturated carbocycles. The first kappa shape index (κ1) is 17.0. The number of para-hydroxylation sites is 1. The molecular weight excluding hydrogens is 296 g/mol. The van der Waals surface area contributed by atoms with Gasteiger partial charge < -0.3 is 20.5 Å². The van der Waals surface area contributed by atoms with Gasteiger partial charge in [0.25, 0.3) is 0 Å². The number of nitrogens with two attached hydrogens (primary N) is 1. The van der Waals surface area contributed by atoms with E-state index in [2.05, 4.69) is 10.3 Å². The smallest absolute Gasteiger partial charge is 0.349 e. The summed E-state index contributed by atoms with van der Waals surface area (Å²) in [5.41, 5.74) is 6.76. The molecule has 3 N–H and O–H groups in total. The number of rotatable bonds is 4. The van der Waals surface area contributed by atoms with Crippen LogP contribution in [0.3, 0.4) is 0 Å². The van der Waals surface area contributed by atoms with E-state index < -0.39 is 0 Å². The molecule has 1 aliphatic heterocycles. The number of aromatic nitrogens is 2. The Kier molecular flexibility index (Phi) is 5.72. The van der Waals surface area contributed by atoms with Crippen molar-refractivity contribution in [3.05, 3.63) is 40.4 Å². The molecule has 7 nitrogen and oxygen atoms in total. The fourth-order valence-corrected chi connectivity index (χ4v) is 2.11. The highest BCUT2D eigenvalue weighted by Crippen LogP contribution is 2.41. The first-order valence-electron chi connectivity index (χ1n) is 7.61. The number of benzene rings is 1. The molecule has 0 spiro atoms. The van der Waals surface area contributed by atoms with Crippen LogP contribution in [0.5, 0.6) is 11.5 Å². The Labute approximate surface area is 135 Å². The highest BCUT2D eigenvalue weighted by Gasteiger charge is 2.21. The molecule has 23 heavy (non-hydrogen) atoms. The Morgan fingerprint density at radius 1 is 1.35 bits per heavy atom. The monoisotopic (exact) mass is 318 g/mol. The minimum Gasteiger partial charge on any atom is -0.450 e. The van der Waals surface area contributed by atoms with Crippen LogP contribution in [0.25, 0.3) is 0 Å². The minimum absolute atomic E-state index is 0.342. The highest BCUT2D eigenvalue weighted by molar-refractivity contribution is 5.75. The van der Waals surface area contributed by atoms with Crippen molar-refractivity contribution in [3.8, 4) is 11.5 Å². The van der Waals surface area contributed by atoms with Gasteiger partial charge in [0.15, 0.2) is 17.3 Å². The maximum Gasteiger partial charge on any atom is 0.349 e. The van der Waals surface area contributed by atoms with Gasteiger partial charge >= 0.3 is 5.69 Å². The lowest BCUT2D eigenvalue weighted by Crippen LogP contribution is -2.22. The molecule has 0 unspecified atom stereocenters. The summed E-state index contributed by atoms with van der Waals surface area (Å²) >= 11 is 0. The molecule has 0 saturated heterocycles. The molecule has 2 aromatic rings. The molecule has 0 fully saturated rings. The van der Waals surface area contributed by atoms with E-state index in [4.69, 9.17) is 15.2 Å². The van der Waals surface area contributed by atoms with Crippen LogP contribution in [-0.2, 0) is 18.4 Å². The molecular formula is C16H22N4O3. The predicted octanol–water partition coefficient (Wildman–Crippen LogP) is 2.13. The van der Waals surface area contributed by atoms with Crippen molar-refractivity contribution in [3.63, 3.8) is 0 Å². The molecule has 1 aliphatic rings. The fraction of sp³-hybridized carbons (Fsp3) is 0.375. The van der Waals surface area contributed by atoms with Gasteiger partial charge in [0.05, 0.1) is 25.1 Å². The van der Waals surface area contributed by atoms with Gasteiger partial charge in [-0.15, -0.1) is 0 Å². The summed E-state index contributed by atoms with van der Waals surface area (Å²) in [5.74, 6) is 1.61. The van der Waals surface area contributed by atoms with E-state index in [-0.39, 0.29) is 5.69 Å². The molecule has 0 aliphatic carbocycles. The SMILES string of the molecule is CC.Cn1cc2c(nc1=O)Nc1c(COCCN)cccc1O2. The first-order chi connectivity index (χ1) is 11.2. The summed E-state index contributed by atoms with van der Waals surface area (Å²) < 4.78 is 12.6. The largest absolute Gasteiger partial charge is 0.450 e. The molecule has 0 bridgehead atoms. The quantitative estimate of drug-likeness (QED) is 0.716. The van der Waals surface area contributed by atoms with Crippen LogP contribution in [-0.4, -0.2) is 22.7 Å². The lowest BCUT2D eigenvalue weighted by Gasteiger charge is -2.23. The molecule has 1 aromatic carbocycles. The van der Waals surface area contributed by atoms with Gasteiger partial charge in [-0.2, -0.15) is 4.98 Å². The van der Waals surface area contributed by atoms with Crippen molar-refractivity contribution >= 4 is 11.5 Å². The summed E-state index contributed by atoms with van der Waals surface area (Å²) in [6.45, 7) is 5.37. The van der Waals surface area contributed by atoms with Crippen LogP contribution in [0.4, 0.5) is 11.5 Å². The lowest BCUT2D eigenvalue weighted by atomic mass is 10.1. The third-order valence-electron chi connectivity index (χ3n) is 3.15. The Hall–Kier alpha value is -2.38. The molecule has 2 heterocycles. The van der Waals surface area contributed by atoms with Gasteiger partial charge in [-0.1, -0.05) is 26.0 Å². The number of hydrogen-bond donors (Lipinski definition) is 2. The molecule has 7 heteroatoms. The number of fused-ring (bicyclic) bond motifs is 2. The molecule has 1 aromatic heterocycles. The van der Waals surface area contributed by atoms with Crippen molar-refractivity contribution < 1.29 is 9.47 Å². The standard InChI is InChI=1S/C14H16N4O3.C2H6/c1-18-7-11-13(17-14(18)19)16-12-9(8-20-6-5-15)3-2-4-10(12)21-11;1-2/h2-4,7H,5-6,8,15H2,1H3,(H,16,17,19);1-2H3. The van der Waals surface area contributed by atoms with Crippen molar-refractivity contribution in [1.29, 1.82) is 0 Å². The van der Waals surface area contributed by atoms with Gasteiger partial charge in [0, 0.05) is 19.2 Å². The van der Waals surface area contributed by atoms with Crippen LogP contribution in [0.2, 0.25) is 0 Å². The molecule has 124 valence electrons. The Morgan fingerprint density at radius 3 is 2.87 bits per heavy atom. The maximum absolute atomic E-state index is 11.6. The molecule has 0 radical (unpaired) electrons. The van der Waals surface area contributed by atoms with E-state index in [0.29, 0.717) is 37.1 Å². The topological polar surface area (TPSA) is 91.4 Å². The van der Waals surface area contributed by atoms with Crippen LogP contribution >= 0.6 is 0 Å². The third kappa shape index (κ3) is 3.69. The molecule has 0 atom stereocenters. The predicted molar refractivity (Wildman–Crippen MR) is 89.3 cm³/mol. The van der Waals surface area contributed by atoms with E-state index in [1.165, 1.54) is 4.57 Å². The van der Waals surface area contributed by atoms with Gasteiger partial charge in [-0.05, 0) is 6.07 Å². The van der Waals surface area contributed by atoms with Gasteiger partial charge in [-0.3, -0.25) is 4.57 Å². The zero-order valence-corrected chi connectivity index (χ0v) is 13.6. The number of aryl methyl sites for hydroxylation is 1. The zero-order chi connectivity index (χ0) is 16.8. The maximum atomic E-state index is 11.6. The molecule has 0 amide bonds. The van der Waals surface area contributed by atoms with Crippen molar-refractivity contribution in [2.24, 2.45) is 12.8 Å². The van der Waals surface area contributed by atoms with Crippen molar-refractivity contribution in [2.45, 2.75) is 20.5 Å². The van der Waals surface area contributed by atoms with Crippen LogP contribution in [0.1, 0.15) is 19.4 Å². The summed E-state index contributed by atoms with van der Waals surface area (Å²) in [7, 11) is 1.63. The minimum atomic E-state index is -0.342. The fourth-order valence-electron chi connectivity index (χ4n) is 2.11. The summed E-state index contributed by atoms with van der Waals surface area (Å²) in [5, 5.41) is 3.14. The van der Waals surface area contributed by atoms with Gasteiger partial charge in [-0.25, -0.2) is 4.79 Å². The summed E-state index contributed by atoms with van der Waals surface area (Å²) in [6.07, 6.45) is 1.61. The summed E-state index contributed by atoms with van der Waals surface area (Å²) in [4.78, 5) is 15.6. The number of hydrogen-bond acceptors (Lipinski definition) is 6. The van der Waals surface area contributed by atoms with Crippen LogP contribution < -0.4 is 21.5 Å². The van der Waals surface area contributed by atoms with Crippen molar-refractivity contribution in [2.75, 3.05) is 18.5 Å². The second kappa shape index (κ2) is 7.75. The van der Waals surface area contributed by atoms with E-state index in [9.17, 15) is 4.79 Å².